The van der Waals surface area contributed by atoms with Gasteiger partial charge in [-0.1, -0.05) is 48.9 Å². The Labute approximate surface area is 255 Å². The third-order valence-electron chi connectivity index (χ3n) is 9.58. The molecule has 0 aromatic heterocycles. The second kappa shape index (κ2) is 11.1. The summed E-state index contributed by atoms with van der Waals surface area (Å²) < 4.78 is 38.8. The molecule has 3 aliphatic rings. The maximum Gasteiger partial charge on any atom is 0.251 e. The minimum absolute atomic E-state index is 0.0272. The fourth-order valence-corrected chi connectivity index (χ4v) is 7.33. The lowest BCUT2D eigenvalue weighted by atomic mass is 9.82. The number of aliphatic hydroxyl groups is 2. The molecule has 1 aliphatic heterocycles. The molecule has 3 aromatic carbocycles. The lowest BCUT2D eigenvalue weighted by Crippen LogP contribution is -2.48. The minimum Gasteiger partial charge on any atom is -0.480 e. The Morgan fingerprint density at radius 1 is 1.14 bits per heavy atom. The number of halogens is 3. The van der Waals surface area contributed by atoms with Crippen LogP contribution in [0.25, 0.3) is 11.1 Å². The summed E-state index contributed by atoms with van der Waals surface area (Å²) in [6.45, 7) is 4.05. The highest BCUT2D eigenvalue weighted by molar-refractivity contribution is 6.34. The fraction of sp³-hybridized carbons (Fsp3) is 0.441. The number of rotatable bonds is 6. The molecule has 0 unspecified atom stereocenters. The average molecular weight is 611 g/mol. The van der Waals surface area contributed by atoms with Gasteiger partial charge in [-0.2, -0.15) is 0 Å². The van der Waals surface area contributed by atoms with Gasteiger partial charge in [-0.25, -0.2) is 8.78 Å². The van der Waals surface area contributed by atoms with Gasteiger partial charge in [0.1, 0.15) is 17.4 Å². The van der Waals surface area contributed by atoms with Gasteiger partial charge < -0.3 is 25.6 Å². The molecule has 0 spiro atoms. The molecule has 9 heteroatoms. The average Bonchev–Trinajstić information content (AvgIpc) is 3.50. The third-order valence-corrected chi connectivity index (χ3v) is 9.95. The highest BCUT2D eigenvalue weighted by atomic mass is 35.5. The Bertz CT molecular complexity index is 1570. The van der Waals surface area contributed by atoms with Crippen molar-refractivity contribution in [1.29, 1.82) is 0 Å². The van der Waals surface area contributed by atoms with E-state index in [1.165, 1.54) is 13.1 Å². The normalized spacial score (nSPS) is 27.9. The maximum atomic E-state index is 16.6. The third kappa shape index (κ3) is 5.22. The smallest absolute Gasteiger partial charge is 0.251 e. The molecule has 0 bridgehead atoms. The van der Waals surface area contributed by atoms with Crippen LogP contribution in [0.1, 0.15) is 78.2 Å². The molecule has 228 valence electrons. The molecule has 2 aliphatic carbocycles. The number of ether oxygens (including phenoxy) is 1. The molecule has 1 fully saturated rings. The van der Waals surface area contributed by atoms with E-state index in [4.69, 9.17) is 16.3 Å². The number of carbonyl (C=O) groups is 1. The summed E-state index contributed by atoms with van der Waals surface area (Å²) in [6, 6.07) is 12.6. The van der Waals surface area contributed by atoms with E-state index in [2.05, 4.69) is 10.6 Å². The molecule has 1 amide bonds. The zero-order valence-corrected chi connectivity index (χ0v) is 25.3. The second-order valence-electron chi connectivity index (χ2n) is 12.7. The maximum absolute atomic E-state index is 16.6. The van der Waals surface area contributed by atoms with E-state index in [0.717, 1.165) is 18.4 Å². The monoisotopic (exact) mass is 610 g/mol. The molecule has 3 aromatic rings. The van der Waals surface area contributed by atoms with Crippen LogP contribution in [-0.2, 0) is 18.4 Å². The van der Waals surface area contributed by atoms with Crippen LogP contribution in [-0.4, -0.2) is 41.4 Å². The predicted octanol–water partition coefficient (Wildman–Crippen LogP) is 5.98. The van der Waals surface area contributed by atoms with Crippen LogP contribution in [0.5, 0.6) is 5.75 Å². The van der Waals surface area contributed by atoms with E-state index in [1.54, 1.807) is 6.07 Å². The van der Waals surface area contributed by atoms with Crippen LogP contribution in [0, 0.1) is 17.6 Å². The van der Waals surface area contributed by atoms with Gasteiger partial charge in [0, 0.05) is 54.4 Å². The Morgan fingerprint density at radius 2 is 1.84 bits per heavy atom. The van der Waals surface area contributed by atoms with Crippen molar-refractivity contribution in [3.05, 3.63) is 86.9 Å². The Morgan fingerprint density at radius 3 is 2.51 bits per heavy atom. The van der Waals surface area contributed by atoms with E-state index >= 15 is 8.78 Å². The van der Waals surface area contributed by atoms with Crippen LogP contribution >= 0.6 is 11.6 Å². The number of amides is 1. The first-order valence-electron chi connectivity index (χ1n) is 14.9. The number of fused-ring (bicyclic) bond motifs is 2. The van der Waals surface area contributed by atoms with Gasteiger partial charge in [0.15, 0.2) is 5.60 Å². The molecule has 6 nitrogen and oxygen atoms in total. The van der Waals surface area contributed by atoms with Gasteiger partial charge in [-0.15, -0.1) is 0 Å². The summed E-state index contributed by atoms with van der Waals surface area (Å²) in [7, 11) is 1.45. The lowest BCUT2D eigenvalue weighted by Gasteiger charge is -2.36. The molecule has 3 atom stereocenters. The number of benzene rings is 3. The van der Waals surface area contributed by atoms with Crippen LogP contribution in [0.3, 0.4) is 0 Å². The van der Waals surface area contributed by atoms with E-state index in [-0.39, 0.29) is 51.4 Å². The zero-order chi connectivity index (χ0) is 30.7. The van der Waals surface area contributed by atoms with Gasteiger partial charge in [-0.05, 0) is 62.1 Å². The first-order valence-corrected chi connectivity index (χ1v) is 15.3. The summed E-state index contributed by atoms with van der Waals surface area (Å²) in [5, 5.41) is 27.2. The quantitative estimate of drug-likeness (QED) is 0.276. The summed E-state index contributed by atoms with van der Waals surface area (Å²) in [6.07, 6.45) is 2.55. The van der Waals surface area contributed by atoms with Crippen molar-refractivity contribution in [3.63, 3.8) is 0 Å². The van der Waals surface area contributed by atoms with Crippen LogP contribution in [0.4, 0.5) is 8.78 Å². The summed E-state index contributed by atoms with van der Waals surface area (Å²) >= 11 is 6.65. The minimum atomic E-state index is -1.06. The van der Waals surface area contributed by atoms with Crippen molar-refractivity contribution in [2.24, 2.45) is 5.92 Å². The summed E-state index contributed by atoms with van der Waals surface area (Å²) in [4.78, 5) is 13.2. The molecule has 4 N–H and O–H groups in total. The van der Waals surface area contributed by atoms with Crippen molar-refractivity contribution in [2.45, 2.75) is 75.7 Å². The number of aliphatic hydroxyl groups excluding tert-OH is 1. The highest BCUT2D eigenvalue weighted by Gasteiger charge is 2.45. The number of nitrogens with one attached hydrogen (secondary N) is 2. The Balaban J connectivity index is 1.48. The Hall–Kier alpha value is -3.04. The summed E-state index contributed by atoms with van der Waals surface area (Å²) in [5.74, 6) is -2.12. The second-order valence-corrected chi connectivity index (χ2v) is 13.1. The van der Waals surface area contributed by atoms with Crippen molar-refractivity contribution in [3.8, 4) is 16.9 Å². The van der Waals surface area contributed by atoms with Gasteiger partial charge in [0.25, 0.3) is 5.91 Å². The van der Waals surface area contributed by atoms with E-state index in [9.17, 15) is 15.0 Å². The first-order chi connectivity index (χ1) is 20.4. The molecule has 1 heterocycles. The Kier molecular flexibility index (Phi) is 7.78. The molecular weight excluding hydrogens is 574 g/mol. The van der Waals surface area contributed by atoms with Crippen LogP contribution < -0.4 is 15.4 Å². The van der Waals surface area contributed by atoms with Gasteiger partial charge in [0.2, 0.25) is 0 Å². The van der Waals surface area contributed by atoms with E-state index < -0.39 is 34.8 Å². The van der Waals surface area contributed by atoms with Crippen molar-refractivity contribution < 1.29 is 28.5 Å². The molecule has 6 rings (SSSR count). The standard InChI is InChI=1S/C34H37ClF2N2O4/c1-18-13-19-14-22(32(41)38-3)28(30(37)26(19)31(18)40)27-23-16-34(20-7-5-4-6-8-20,43-25(23)15-24(36)29(27)35)17-39-21-9-11-33(2,42)12-10-21/h4-8,14-15,18,21,31,39-40,42H,9-13,16-17H2,1-3H3,(H,38,41)/t18-,21-,31-,33-,34+/m0/s1. The van der Waals surface area contributed by atoms with Crippen molar-refractivity contribution >= 4 is 17.5 Å². The fourth-order valence-electron chi connectivity index (χ4n) is 7.06. The lowest BCUT2D eigenvalue weighted by molar-refractivity contribution is 0.0104. The molecule has 43 heavy (non-hydrogen) atoms. The number of hydrogen-bond acceptors (Lipinski definition) is 5. The SMILES string of the molecule is CNC(=O)c1cc2c(c(F)c1-c1c(Cl)c(F)cc3c1C[C@@](CN[C@H]1CC[C@](C)(O)CC1)(c1ccccc1)O3)[C@@H](O)[C@@H](C)C2. The summed E-state index contributed by atoms with van der Waals surface area (Å²) in [5.41, 5.74) is 0.329. The van der Waals surface area contributed by atoms with Gasteiger partial charge in [0.05, 0.1) is 22.3 Å². The number of hydrogen-bond donors (Lipinski definition) is 4. The van der Waals surface area contributed by atoms with Crippen LogP contribution in [0.2, 0.25) is 5.02 Å². The zero-order valence-electron chi connectivity index (χ0n) is 24.6. The number of carbonyl (C=O) groups excluding carboxylic acids is 1. The van der Waals surface area contributed by atoms with Gasteiger partial charge >= 0.3 is 0 Å². The molecule has 0 saturated heterocycles. The predicted molar refractivity (Wildman–Crippen MR) is 161 cm³/mol. The molecular formula is C34H37ClF2N2O4. The van der Waals surface area contributed by atoms with Crippen molar-refractivity contribution in [1.82, 2.24) is 10.6 Å². The van der Waals surface area contributed by atoms with E-state index in [1.807, 2.05) is 44.2 Å². The molecule has 1 saturated carbocycles. The first kappa shape index (κ1) is 30.0. The van der Waals surface area contributed by atoms with Gasteiger partial charge in [-0.3, -0.25) is 4.79 Å². The van der Waals surface area contributed by atoms with Crippen molar-refractivity contribution in [2.75, 3.05) is 13.6 Å². The van der Waals surface area contributed by atoms with Crippen LogP contribution in [0.15, 0.2) is 42.5 Å². The molecule has 0 radical (unpaired) electrons. The topological polar surface area (TPSA) is 90.8 Å². The van der Waals surface area contributed by atoms with E-state index in [0.29, 0.717) is 36.9 Å². The largest absolute Gasteiger partial charge is 0.480 e. The highest BCUT2D eigenvalue weighted by Crippen LogP contribution is 2.52.